The highest BCUT2D eigenvalue weighted by molar-refractivity contribution is 9.10. The molecule has 0 aliphatic carbocycles. The fourth-order valence-electron chi connectivity index (χ4n) is 2.76. The van der Waals surface area contributed by atoms with Crippen LogP contribution >= 0.6 is 39.9 Å². The third-order valence-corrected chi connectivity index (χ3v) is 4.74. The van der Waals surface area contributed by atoms with Gasteiger partial charge in [-0.05, 0) is 17.7 Å². The van der Waals surface area contributed by atoms with Gasteiger partial charge in [-0.3, -0.25) is 4.90 Å². The second-order valence-electron chi connectivity index (χ2n) is 5.32. The molecule has 1 fully saturated rings. The molecule has 22 heavy (non-hydrogen) atoms. The van der Waals surface area contributed by atoms with Gasteiger partial charge in [0.05, 0.1) is 6.04 Å². The molecule has 1 aliphatic rings. The Balaban J connectivity index is 0.00000176. The SMILES string of the molecule is Cl.Cn1ccnc1C1CNCCN1Cc1ccc(Br)cc1Cl. The number of hydrogen-bond acceptors (Lipinski definition) is 3. The molecule has 2 aromatic rings. The summed E-state index contributed by atoms with van der Waals surface area (Å²) in [5.74, 6) is 1.09. The lowest BCUT2D eigenvalue weighted by molar-refractivity contribution is 0.145. The minimum absolute atomic E-state index is 0. The molecule has 120 valence electrons. The first-order valence-corrected chi connectivity index (χ1v) is 8.18. The predicted molar refractivity (Wildman–Crippen MR) is 95.6 cm³/mol. The Morgan fingerprint density at radius 2 is 2.27 bits per heavy atom. The first-order chi connectivity index (χ1) is 10.1. The van der Waals surface area contributed by atoms with Gasteiger partial charge >= 0.3 is 0 Å². The summed E-state index contributed by atoms with van der Waals surface area (Å²) in [5.41, 5.74) is 1.15. The summed E-state index contributed by atoms with van der Waals surface area (Å²) in [4.78, 5) is 6.95. The Kier molecular flexibility index (Phi) is 6.29. The molecule has 0 saturated carbocycles. The lowest BCUT2D eigenvalue weighted by atomic mass is 10.1. The number of aryl methyl sites for hydroxylation is 1. The number of benzene rings is 1. The molecule has 2 heterocycles. The molecule has 3 rings (SSSR count). The highest BCUT2D eigenvalue weighted by Crippen LogP contribution is 2.27. The predicted octanol–water partition coefficient (Wildman–Crippen LogP) is 3.40. The number of piperazine rings is 1. The van der Waals surface area contributed by atoms with Crippen molar-refractivity contribution in [3.63, 3.8) is 0 Å². The van der Waals surface area contributed by atoms with E-state index in [1.165, 1.54) is 0 Å². The molecule has 4 nitrogen and oxygen atoms in total. The third kappa shape index (κ3) is 3.84. The van der Waals surface area contributed by atoms with Crippen molar-refractivity contribution in [1.82, 2.24) is 19.8 Å². The van der Waals surface area contributed by atoms with Gasteiger partial charge < -0.3 is 9.88 Å². The van der Waals surface area contributed by atoms with Crippen molar-refractivity contribution in [2.75, 3.05) is 19.6 Å². The normalized spacial score (nSPS) is 19.0. The highest BCUT2D eigenvalue weighted by atomic mass is 79.9. The van der Waals surface area contributed by atoms with E-state index in [9.17, 15) is 0 Å². The number of rotatable bonds is 3. The summed E-state index contributed by atoms with van der Waals surface area (Å²) < 4.78 is 3.10. The zero-order valence-electron chi connectivity index (χ0n) is 12.3. The second-order valence-corrected chi connectivity index (χ2v) is 6.65. The maximum atomic E-state index is 6.36. The Hall–Kier alpha value is -0.590. The third-order valence-electron chi connectivity index (χ3n) is 3.90. The first-order valence-electron chi connectivity index (χ1n) is 7.01. The van der Waals surface area contributed by atoms with E-state index >= 15 is 0 Å². The van der Waals surface area contributed by atoms with Gasteiger partial charge in [-0.25, -0.2) is 4.98 Å². The molecule has 1 aromatic carbocycles. The minimum atomic E-state index is 0. The van der Waals surface area contributed by atoms with Gasteiger partial charge in [0.2, 0.25) is 0 Å². The maximum Gasteiger partial charge on any atom is 0.127 e. The molecule has 1 aromatic heterocycles. The maximum absolute atomic E-state index is 6.36. The van der Waals surface area contributed by atoms with Crippen molar-refractivity contribution in [2.45, 2.75) is 12.6 Å². The van der Waals surface area contributed by atoms with Crippen LogP contribution < -0.4 is 5.32 Å². The zero-order valence-corrected chi connectivity index (χ0v) is 15.5. The van der Waals surface area contributed by atoms with Crippen molar-refractivity contribution < 1.29 is 0 Å². The molecular formula is C15H19BrCl2N4. The van der Waals surface area contributed by atoms with Crippen LogP contribution in [-0.4, -0.2) is 34.1 Å². The van der Waals surface area contributed by atoms with Crippen LogP contribution in [0.1, 0.15) is 17.4 Å². The topological polar surface area (TPSA) is 33.1 Å². The van der Waals surface area contributed by atoms with Crippen LogP contribution in [0.2, 0.25) is 5.02 Å². The average molecular weight is 406 g/mol. The Morgan fingerprint density at radius 1 is 1.45 bits per heavy atom. The van der Waals surface area contributed by atoms with E-state index in [-0.39, 0.29) is 18.4 Å². The fraction of sp³-hybridized carbons (Fsp3) is 0.400. The van der Waals surface area contributed by atoms with Gasteiger partial charge in [0, 0.05) is 55.1 Å². The zero-order chi connectivity index (χ0) is 14.8. The van der Waals surface area contributed by atoms with E-state index < -0.39 is 0 Å². The van der Waals surface area contributed by atoms with E-state index in [2.05, 4.69) is 41.8 Å². The summed E-state index contributed by atoms with van der Waals surface area (Å²) in [6.45, 7) is 3.74. The molecule has 0 spiro atoms. The molecule has 1 saturated heterocycles. The van der Waals surface area contributed by atoms with E-state index in [1.807, 2.05) is 31.6 Å². The van der Waals surface area contributed by atoms with E-state index in [0.717, 1.165) is 47.1 Å². The molecular weight excluding hydrogens is 387 g/mol. The van der Waals surface area contributed by atoms with Crippen LogP contribution in [0.3, 0.4) is 0 Å². The molecule has 7 heteroatoms. The van der Waals surface area contributed by atoms with Crippen LogP contribution in [0.5, 0.6) is 0 Å². The average Bonchev–Trinajstić information content (AvgIpc) is 2.89. The van der Waals surface area contributed by atoms with Crippen molar-refractivity contribution in [3.8, 4) is 0 Å². The number of imidazole rings is 1. The monoisotopic (exact) mass is 404 g/mol. The summed E-state index contributed by atoms with van der Waals surface area (Å²) in [5, 5.41) is 4.26. The Morgan fingerprint density at radius 3 is 2.95 bits per heavy atom. The lowest BCUT2D eigenvalue weighted by Crippen LogP contribution is -2.46. The summed E-state index contributed by atoms with van der Waals surface area (Å²) in [6.07, 6.45) is 3.85. The lowest BCUT2D eigenvalue weighted by Gasteiger charge is -2.35. The van der Waals surface area contributed by atoms with Crippen LogP contribution in [-0.2, 0) is 13.6 Å². The van der Waals surface area contributed by atoms with E-state index in [4.69, 9.17) is 11.6 Å². The number of nitrogens with zero attached hydrogens (tertiary/aromatic N) is 3. The van der Waals surface area contributed by atoms with Crippen LogP contribution in [0.4, 0.5) is 0 Å². The van der Waals surface area contributed by atoms with Gasteiger partial charge in [0.25, 0.3) is 0 Å². The number of hydrogen-bond donors (Lipinski definition) is 1. The van der Waals surface area contributed by atoms with Crippen LogP contribution in [0, 0.1) is 0 Å². The Labute approximate surface area is 150 Å². The molecule has 0 radical (unpaired) electrons. The number of nitrogens with one attached hydrogen (secondary N) is 1. The van der Waals surface area contributed by atoms with Gasteiger partial charge in [-0.15, -0.1) is 12.4 Å². The molecule has 0 bridgehead atoms. The van der Waals surface area contributed by atoms with Crippen LogP contribution in [0.25, 0.3) is 0 Å². The quantitative estimate of drug-likeness (QED) is 0.849. The molecule has 0 amide bonds. The van der Waals surface area contributed by atoms with Gasteiger partial charge in [0.1, 0.15) is 5.82 Å². The van der Waals surface area contributed by atoms with E-state index in [0.29, 0.717) is 0 Å². The summed E-state index contributed by atoms with van der Waals surface area (Å²) in [7, 11) is 2.04. The highest BCUT2D eigenvalue weighted by Gasteiger charge is 2.27. The van der Waals surface area contributed by atoms with Gasteiger partial charge in [-0.2, -0.15) is 0 Å². The summed E-state index contributed by atoms with van der Waals surface area (Å²) >= 11 is 9.81. The molecule has 1 aliphatic heterocycles. The van der Waals surface area contributed by atoms with Crippen molar-refractivity contribution >= 4 is 39.9 Å². The van der Waals surface area contributed by atoms with E-state index in [1.54, 1.807) is 0 Å². The number of halogens is 3. The number of aromatic nitrogens is 2. The molecule has 1 N–H and O–H groups in total. The molecule has 1 atom stereocenters. The Bertz CT molecular complexity index is 632. The van der Waals surface area contributed by atoms with Crippen molar-refractivity contribution in [1.29, 1.82) is 0 Å². The largest absolute Gasteiger partial charge is 0.337 e. The molecule has 1 unspecified atom stereocenters. The standard InChI is InChI=1S/C15H18BrClN4.ClH/c1-20-6-5-19-15(20)14-9-18-4-7-21(14)10-11-2-3-12(16)8-13(11)17;/h2-3,5-6,8,14,18H,4,7,9-10H2,1H3;1H. The smallest absolute Gasteiger partial charge is 0.127 e. The minimum Gasteiger partial charge on any atom is -0.337 e. The second kappa shape index (κ2) is 7.79. The van der Waals surface area contributed by atoms with Gasteiger partial charge in [0.15, 0.2) is 0 Å². The van der Waals surface area contributed by atoms with Gasteiger partial charge in [-0.1, -0.05) is 33.6 Å². The van der Waals surface area contributed by atoms with Crippen LogP contribution in [0.15, 0.2) is 35.1 Å². The first kappa shape index (κ1) is 17.8. The summed E-state index contributed by atoms with van der Waals surface area (Å²) in [6, 6.07) is 6.36. The fourth-order valence-corrected chi connectivity index (χ4v) is 3.49. The van der Waals surface area contributed by atoms with Crippen molar-refractivity contribution in [3.05, 3.63) is 51.5 Å². The van der Waals surface area contributed by atoms with Crippen molar-refractivity contribution in [2.24, 2.45) is 7.05 Å².